The third-order valence-corrected chi connectivity index (χ3v) is 2.11. The van der Waals surface area contributed by atoms with Gasteiger partial charge in [0.1, 0.15) is 5.75 Å². The molecule has 0 radical (unpaired) electrons. The van der Waals surface area contributed by atoms with Crippen molar-refractivity contribution in [1.29, 1.82) is 0 Å². The minimum atomic E-state index is -0.584. The smallest absolute Gasteiger partial charge is 0.343 e. The molecule has 0 atom stereocenters. The van der Waals surface area contributed by atoms with E-state index in [1.807, 2.05) is 0 Å². The lowest BCUT2D eigenvalue weighted by molar-refractivity contribution is -0.142. The molecule has 5 heteroatoms. The molecule has 0 aliphatic carbocycles. The van der Waals surface area contributed by atoms with E-state index in [1.165, 1.54) is 7.11 Å². The van der Waals surface area contributed by atoms with Crippen LogP contribution in [0.15, 0.2) is 12.1 Å². The van der Waals surface area contributed by atoms with Crippen LogP contribution in [0.1, 0.15) is 26.3 Å². The fourth-order valence-electron chi connectivity index (χ4n) is 1.36. The van der Waals surface area contributed by atoms with Crippen molar-refractivity contribution in [3.63, 3.8) is 0 Å². The van der Waals surface area contributed by atoms with E-state index in [0.717, 1.165) is 5.56 Å². The topological polar surface area (TPSA) is 69.7 Å². The van der Waals surface area contributed by atoms with Gasteiger partial charge in [0.05, 0.1) is 18.2 Å². The Balaban J connectivity index is 3.06. The van der Waals surface area contributed by atoms with Crippen LogP contribution >= 0.6 is 0 Å². The zero-order valence-corrected chi connectivity index (χ0v) is 9.56. The average Bonchev–Trinajstić information content (AvgIpc) is 2.35. The second-order valence-corrected chi connectivity index (χ2v) is 3.37. The normalized spacial score (nSPS) is 9.53. The van der Waals surface area contributed by atoms with Crippen molar-refractivity contribution < 1.29 is 23.9 Å². The van der Waals surface area contributed by atoms with Gasteiger partial charge in [0, 0.05) is 0 Å². The standard InChI is InChI=1S/C12H12O5/c1-8-3-9(5-13)12(10(4-8)6-14)17-7-11(15)16-2/h3-6H,7H2,1-2H3. The fraction of sp³-hybridized carbons (Fsp3) is 0.250. The van der Waals surface area contributed by atoms with E-state index >= 15 is 0 Å². The maximum absolute atomic E-state index is 10.9. The molecule has 90 valence electrons. The van der Waals surface area contributed by atoms with Crippen LogP contribution in [0, 0.1) is 6.92 Å². The molecule has 0 bridgehead atoms. The predicted molar refractivity (Wildman–Crippen MR) is 59.5 cm³/mol. The number of ether oxygens (including phenoxy) is 2. The second-order valence-electron chi connectivity index (χ2n) is 3.37. The highest BCUT2D eigenvalue weighted by molar-refractivity contribution is 5.89. The lowest BCUT2D eigenvalue weighted by atomic mass is 10.1. The van der Waals surface area contributed by atoms with Crippen LogP contribution in [-0.4, -0.2) is 32.3 Å². The van der Waals surface area contributed by atoms with Gasteiger partial charge in [0.25, 0.3) is 0 Å². The van der Waals surface area contributed by atoms with Gasteiger partial charge < -0.3 is 9.47 Å². The van der Waals surface area contributed by atoms with Crippen molar-refractivity contribution in [3.8, 4) is 5.75 Å². The molecule has 0 heterocycles. The van der Waals surface area contributed by atoms with Crippen LogP contribution < -0.4 is 4.74 Å². The van der Waals surface area contributed by atoms with Crippen molar-refractivity contribution >= 4 is 18.5 Å². The number of hydrogen-bond donors (Lipinski definition) is 0. The molecule has 0 aliphatic rings. The molecule has 17 heavy (non-hydrogen) atoms. The van der Waals surface area contributed by atoms with E-state index in [-0.39, 0.29) is 23.5 Å². The molecule has 0 aromatic heterocycles. The number of rotatable bonds is 5. The predicted octanol–water partition coefficient (Wildman–Crippen LogP) is 1.17. The van der Waals surface area contributed by atoms with E-state index in [0.29, 0.717) is 12.6 Å². The van der Waals surface area contributed by atoms with Gasteiger partial charge in [-0.05, 0) is 24.6 Å². The summed E-state index contributed by atoms with van der Waals surface area (Å²) in [6, 6.07) is 3.15. The molecule has 0 unspecified atom stereocenters. The highest BCUT2D eigenvalue weighted by atomic mass is 16.6. The Morgan fingerprint density at radius 2 is 1.76 bits per heavy atom. The first-order valence-corrected chi connectivity index (χ1v) is 4.87. The quantitative estimate of drug-likeness (QED) is 0.567. The van der Waals surface area contributed by atoms with Crippen LogP contribution in [0.25, 0.3) is 0 Å². The second kappa shape index (κ2) is 5.79. The molecular formula is C12H12O5. The Bertz CT molecular complexity index is 421. The maximum atomic E-state index is 10.9. The van der Waals surface area contributed by atoms with Crippen molar-refractivity contribution in [2.45, 2.75) is 6.92 Å². The van der Waals surface area contributed by atoms with Crippen molar-refractivity contribution in [2.24, 2.45) is 0 Å². The monoisotopic (exact) mass is 236 g/mol. The Kier molecular flexibility index (Phi) is 4.39. The van der Waals surface area contributed by atoms with E-state index in [2.05, 4.69) is 4.74 Å². The Morgan fingerprint density at radius 3 is 2.18 bits per heavy atom. The molecule has 0 spiro atoms. The summed E-state index contributed by atoms with van der Waals surface area (Å²) in [5.41, 5.74) is 1.23. The van der Waals surface area contributed by atoms with Crippen LogP contribution in [0.5, 0.6) is 5.75 Å². The summed E-state index contributed by atoms with van der Waals surface area (Å²) in [6.07, 6.45) is 1.15. The summed E-state index contributed by atoms with van der Waals surface area (Å²) in [5, 5.41) is 0. The van der Waals surface area contributed by atoms with Crippen LogP contribution in [0.3, 0.4) is 0 Å². The molecule has 0 N–H and O–H groups in total. The Labute approximate surface area is 98.3 Å². The largest absolute Gasteiger partial charge is 0.480 e. The number of carbonyl (C=O) groups is 3. The number of esters is 1. The highest BCUT2D eigenvalue weighted by Crippen LogP contribution is 2.23. The molecule has 0 saturated carbocycles. The van der Waals surface area contributed by atoms with Gasteiger partial charge in [-0.2, -0.15) is 0 Å². The zero-order chi connectivity index (χ0) is 12.8. The molecular weight excluding hydrogens is 224 g/mol. The first kappa shape index (κ1) is 12.9. The highest BCUT2D eigenvalue weighted by Gasteiger charge is 2.12. The molecule has 1 rings (SSSR count). The summed E-state index contributed by atoms with van der Waals surface area (Å²) in [4.78, 5) is 32.6. The summed E-state index contributed by atoms with van der Waals surface area (Å²) >= 11 is 0. The molecule has 0 saturated heterocycles. The lowest BCUT2D eigenvalue weighted by Gasteiger charge is -2.10. The zero-order valence-electron chi connectivity index (χ0n) is 9.56. The van der Waals surface area contributed by atoms with E-state index in [1.54, 1.807) is 19.1 Å². The van der Waals surface area contributed by atoms with Crippen LogP contribution in [-0.2, 0) is 9.53 Å². The van der Waals surface area contributed by atoms with Gasteiger partial charge in [-0.3, -0.25) is 9.59 Å². The number of aldehydes is 2. The van der Waals surface area contributed by atoms with Gasteiger partial charge in [0.15, 0.2) is 19.2 Å². The van der Waals surface area contributed by atoms with Gasteiger partial charge in [-0.25, -0.2) is 4.79 Å². The molecule has 1 aromatic rings. The van der Waals surface area contributed by atoms with Crippen molar-refractivity contribution in [1.82, 2.24) is 0 Å². The third kappa shape index (κ3) is 3.14. The van der Waals surface area contributed by atoms with Gasteiger partial charge in [-0.1, -0.05) is 0 Å². The molecule has 0 aliphatic heterocycles. The first-order valence-electron chi connectivity index (χ1n) is 4.87. The van der Waals surface area contributed by atoms with Crippen molar-refractivity contribution in [2.75, 3.05) is 13.7 Å². The van der Waals surface area contributed by atoms with Gasteiger partial charge >= 0.3 is 5.97 Å². The minimum absolute atomic E-state index is 0.103. The SMILES string of the molecule is COC(=O)COc1c(C=O)cc(C)cc1C=O. The van der Waals surface area contributed by atoms with Crippen molar-refractivity contribution in [3.05, 3.63) is 28.8 Å². The minimum Gasteiger partial charge on any atom is -0.480 e. The maximum Gasteiger partial charge on any atom is 0.343 e. The summed E-state index contributed by atoms with van der Waals surface area (Å²) in [7, 11) is 1.22. The molecule has 5 nitrogen and oxygen atoms in total. The summed E-state index contributed by atoms with van der Waals surface area (Å²) in [6.45, 7) is 1.41. The number of methoxy groups -OCH3 is 1. The van der Waals surface area contributed by atoms with Crippen LogP contribution in [0.2, 0.25) is 0 Å². The molecule has 0 fully saturated rings. The molecule has 0 amide bonds. The number of carbonyl (C=O) groups excluding carboxylic acids is 3. The number of hydrogen-bond acceptors (Lipinski definition) is 5. The van der Waals surface area contributed by atoms with Gasteiger partial charge in [-0.15, -0.1) is 0 Å². The first-order chi connectivity index (χ1) is 8.12. The molecule has 1 aromatic carbocycles. The van der Waals surface area contributed by atoms with E-state index < -0.39 is 5.97 Å². The Hall–Kier alpha value is -2.17. The number of aryl methyl sites for hydroxylation is 1. The number of benzene rings is 1. The third-order valence-electron chi connectivity index (χ3n) is 2.11. The fourth-order valence-corrected chi connectivity index (χ4v) is 1.36. The Morgan fingerprint density at radius 1 is 1.24 bits per heavy atom. The average molecular weight is 236 g/mol. The van der Waals surface area contributed by atoms with E-state index in [4.69, 9.17) is 4.74 Å². The van der Waals surface area contributed by atoms with Crippen LogP contribution in [0.4, 0.5) is 0 Å². The van der Waals surface area contributed by atoms with E-state index in [9.17, 15) is 14.4 Å². The summed E-state index contributed by atoms with van der Waals surface area (Å²) < 4.78 is 9.52. The lowest BCUT2D eigenvalue weighted by Crippen LogP contribution is -2.14. The van der Waals surface area contributed by atoms with Gasteiger partial charge in [0.2, 0.25) is 0 Å². The summed E-state index contributed by atoms with van der Waals surface area (Å²) in [5.74, 6) is -0.481.